The molecule has 0 unspecified atom stereocenters. The molecule has 2 radical (unpaired) electrons. The fraction of sp³-hybridized carbons (Fsp3) is 1.00. The lowest BCUT2D eigenvalue weighted by Gasteiger charge is -1.88. The normalized spacial score (nSPS) is 9.33. The van der Waals surface area contributed by atoms with Crippen molar-refractivity contribution >= 4 is 23.1 Å². The summed E-state index contributed by atoms with van der Waals surface area (Å²) in [5.41, 5.74) is 0. The fourth-order valence-corrected chi connectivity index (χ4v) is 0.933. The third kappa shape index (κ3) is 12.5. The second kappa shape index (κ2) is 9.38. The molecule has 0 fully saturated rings. The van der Waals surface area contributed by atoms with Crippen LogP contribution < -0.4 is 27.9 Å². The minimum atomic E-state index is -3.34. The Bertz CT molecular complexity index is 53.1. The first-order valence-electron chi connectivity index (χ1n) is 2.46. The largest absolute Gasteiger partial charge is 0.506 e. The van der Waals surface area contributed by atoms with Gasteiger partial charge < -0.3 is 6.87 Å². The van der Waals surface area contributed by atoms with Gasteiger partial charge in [0.2, 0.25) is 0 Å². The standard InChI is InChI=1S/C4H9IO3.Mg/c1-2-3-4-8-5(6)7;/h2-4H2,1H3;. The molecule has 0 saturated carbocycles. The van der Waals surface area contributed by atoms with E-state index in [1.807, 2.05) is 6.92 Å². The Morgan fingerprint density at radius 2 is 2.00 bits per heavy atom. The highest BCUT2D eigenvalue weighted by Crippen LogP contribution is 1.81. The van der Waals surface area contributed by atoms with Crippen LogP contribution in [-0.4, -0.2) is 29.7 Å². The van der Waals surface area contributed by atoms with Gasteiger partial charge in [-0.05, 0) is 9.49 Å². The highest BCUT2D eigenvalue weighted by Gasteiger charge is 2.08. The highest BCUT2D eigenvalue weighted by atomic mass is 127. The Balaban J connectivity index is 0. The molecule has 0 aliphatic rings. The Morgan fingerprint density at radius 1 is 1.44 bits per heavy atom. The van der Waals surface area contributed by atoms with Crippen LogP contribution in [0.2, 0.25) is 0 Å². The third-order valence-corrected chi connectivity index (χ3v) is 1.61. The van der Waals surface area contributed by atoms with Crippen molar-refractivity contribution in [2.24, 2.45) is 0 Å². The van der Waals surface area contributed by atoms with Crippen molar-refractivity contribution in [1.29, 1.82) is 0 Å². The Hall–Kier alpha value is 1.38. The number of hydrogen-bond acceptors (Lipinski definition) is 3. The number of halogens is 1. The van der Waals surface area contributed by atoms with Crippen molar-refractivity contribution in [3.05, 3.63) is 0 Å². The first-order chi connectivity index (χ1) is 3.77. The van der Waals surface area contributed by atoms with Crippen LogP contribution in [0.1, 0.15) is 19.8 Å². The number of unbranched alkanes of at least 4 members (excludes halogenated alkanes) is 1. The lowest BCUT2D eigenvalue weighted by molar-refractivity contribution is -1.63. The van der Waals surface area contributed by atoms with E-state index in [2.05, 4.69) is 3.07 Å². The van der Waals surface area contributed by atoms with Crippen molar-refractivity contribution in [2.75, 3.05) is 6.61 Å². The van der Waals surface area contributed by atoms with Crippen molar-refractivity contribution in [3.63, 3.8) is 0 Å². The van der Waals surface area contributed by atoms with Gasteiger partial charge >= 0.3 is 21.1 Å². The van der Waals surface area contributed by atoms with Gasteiger partial charge in [-0.3, -0.25) is 0 Å². The van der Waals surface area contributed by atoms with Crippen LogP contribution in [0.15, 0.2) is 0 Å². The van der Waals surface area contributed by atoms with Crippen LogP contribution in [0.3, 0.4) is 0 Å². The van der Waals surface area contributed by atoms with Gasteiger partial charge in [0.05, 0.1) is 0 Å². The topological polar surface area (TPSA) is 55.3 Å². The van der Waals surface area contributed by atoms with Gasteiger partial charge in [0.25, 0.3) is 0 Å². The molecule has 0 bridgehead atoms. The smallest absolute Gasteiger partial charge is 0.396 e. The molecule has 0 aromatic carbocycles. The second-order valence-corrected chi connectivity index (χ2v) is 3.06. The lowest BCUT2D eigenvalue weighted by atomic mass is 10.4. The zero-order valence-corrected chi connectivity index (χ0v) is 9.00. The molecule has 0 rings (SSSR count). The molecular weight excluding hydrogens is 247 g/mol. The van der Waals surface area contributed by atoms with Crippen molar-refractivity contribution < 1.29 is 31.0 Å². The quantitative estimate of drug-likeness (QED) is 0.289. The Morgan fingerprint density at radius 3 is 2.33 bits per heavy atom. The molecule has 9 heavy (non-hydrogen) atoms. The minimum Gasteiger partial charge on any atom is -0.396 e. The van der Waals surface area contributed by atoms with Crippen LogP contribution in [0.25, 0.3) is 0 Å². The summed E-state index contributed by atoms with van der Waals surface area (Å²) in [6.45, 7) is 2.35. The SMILES string of the molecule is CCCCO[I+2]([O-])[O-].[Mg]. The number of rotatable bonds is 4. The van der Waals surface area contributed by atoms with Crippen LogP contribution in [0.5, 0.6) is 0 Å². The summed E-state index contributed by atoms with van der Waals surface area (Å²) in [5.74, 6) is 0. The predicted octanol–water partition coefficient (Wildman–Crippen LogP) is -4.49. The summed E-state index contributed by atoms with van der Waals surface area (Å²) in [6.07, 6.45) is 1.81. The van der Waals surface area contributed by atoms with Gasteiger partial charge in [-0.2, -0.15) is 0 Å². The monoisotopic (exact) mass is 256 g/mol. The molecule has 0 aromatic rings. The molecule has 5 heteroatoms. The van der Waals surface area contributed by atoms with Crippen molar-refractivity contribution in [1.82, 2.24) is 0 Å². The predicted molar refractivity (Wildman–Crippen MR) is 26.6 cm³/mol. The van der Waals surface area contributed by atoms with E-state index in [0.29, 0.717) is 6.61 Å². The summed E-state index contributed by atoms with van der Waals surface area (Å²) >= 11 is -3.34. The van der Waals surface area contributed by atoms with Crippen LogP contribution >= 0.6 is 0 Å². The molecule has 52 valence electrons. The average molecular weight is 256 g/mol. The first kappa shape index (κ1) is 13.0. The maximum Gasteiger partial charge on any atom is 0.506 e. The Labute approximate surface area is 80.0 Å². The first-order valence-corrected chi connectivity index (χ1v) is 5.10. The zero-order valence-electron chi connectivity index (χ0n) is 5.43. The van der Waals surface area contributed by atoms with E-state index < -0.39 is 21.1 Å². The summed E-state index contributed by atoms with van der Waals surface area (Å²) in [7, 11) is 0. The zero-order chi connectivity index (χ0) is 6.41. The van der Waals surface area contributed by atoms with E-state index in [0.717, 1.165) is 12.8 Å². The highest BCUT2D eigenvalue weighted by molar-refractivity contribution is 5.75. The molecule has 0 spiro atoms. The molecule has 3 nitrogen and oxygen atoms in total. The molecule has 0 saturated heterocycles. The lowest BCUT2D eigenvalue weighted by Crippen LogP contribution is -3.99. The van der Waals surface area contributed by atoms with Crippen LogP contribution in [0.4, 0.5) is 0 Å². The van der Waals surface area contributed by atoms with Crippen molar-refractivity contribution in [2.45, 2.75) is 19.8 Å². The molecule has 0 amide bonds. The van der Waals surface area contributed by atoms with E-state index in [1.54, 1.807) is 0 Å². The van der Waals surface area contributed by atoms with Gasteiger partial charge in [0, 0.05) is 23.1 Å². The van der Waals surface area contributed by atoms with E-state index in [-0.39, 0.29) is 23.1 Å². The van der Waals surface area contributed by atoms with Crippen LogP contribution in [0, 0.1) is 0 Å². The summed E-state index contributed by atoms with van der Waals surface area (Å²) < 4.78 is 23.9. The summed E-state index contributed by atoms with van der Waals surface area (Å²) in [4.78, 5) is 0. The molecule has 0 aliphatic heterocycles. The molecule has 0 atom stereocenters. The molecular formula is C4H9IMgO3. The van der Waals surface area contributed by atoms with E-state index in [1.165, 1.54) is 0 Å². The van der Waals surface area contributed by atoms with Gasteiger partial charge in [-0.1, -0.05) is 13.3 Å². The van der Waals surface area contributed by atoms with E-state index >= 15 is 0 Å². The minimum absolute atomic E-state index is 0. The molecule has 0 N–H and O–H groups in total. The fourth-order valence-electron chi connectivity index (χ4n) is 0.262. The van der Waals surface area contributed by atoms with E-state index in [9.17, 15) is 6.87 Å². The summed E-state index contributed by atoms with van der Waals surface area (Å²) in [6, 6.07) is 0. The maximum absolute atomic E-state index is 9.78. The molecule has 0 aliphatic carbocycles. The molecule has 0 aromatic heterocycles. The average Bonchev–Trinajstić information content (AvgIpc) is 1.66. The number of hydrogen-bond donors (Lipinski definition) is 0. The Kier molecular flexibility index (Phi) is 13.5. The second-order valence-electron chi connectivity index (χ2n) is 1.36. The molecule has 0 heterocycles. The van der Waals surface area contributed by atoms with Gasteiger partial charge in [0.15, 0.2) is 0 Å². The van der Waals surface area contributed by atoms with Gasteiger partial charge in [-0.25, -0.2) is 0 Å². The van der Waals surface area contributed by atoms with Crippen molar-refractivity contribution in [3.8, 4) is 0 Å². The maximum atomic E-state index is 9.78. The van der Waals surface area contributed by atoms with E-state index in [4.69, 9.17) is 0 Å². The van der Waals surface area contributed by atoms with Crippen LogP contribution in [-0.2, 0) is 3.07 Å². The van der Waals surface area contributed by atoms with Gasteiger partial charge in [-0.15, -0.1) is 0 Å². The van der Waals surface area contributed by atoms with Gasteiger partial charge in [0.1, 0.15) is 6.61 Å². The third-order valence-electron chi connectivity index (χ3n) is 0.664. The summed E-state index contributed by atoms with van der Waals surface area (Å²) in [5, 5.41) is 0.